The molecular weight excluding hydrogens is 209 g/mol. The first-order valence-electron chi connectivity index (χ1n) is 4.35. The van der Waals surface area contributed by atoms with Crippen LogP contribution in [-0.4, -0.2) is 6.54 Å². The van der Waals surface area contributed by atoms with Gasteiger partial charge in [0.15, 0.2) is 5.22 Å². The molecule has 1 aliphatic rings. The lowest BCUT2D eigenvalue weighted by atomic mass is 10.0. The third-order valence-corrected chi connectivity index (χ3v) is 2.45. The Morgan fingerprint density at radius 3 is 2.77 bits per heavy atom. The lowest BCUT2D eigenvalue weighted by Gasteiger charge is -2.21. The Kier molecular flexibility index (Phi) is 4.10. The van der Waals surface area contributed by atoms with Crippen molar-refractivity contribution in [1.82, 2.24) is 5.32 Å². The summed E-state index contributed by atoms with van der Waals surface area (Å²) in [4.78, 5) is 0. The van der Waals surface area contributed by atoms with Gasteiger partial charge in [-0.2, -0.15) is 0 Å². The SMILES string of the molecule is Cl.Clc1ccc([C@@H]2CCCCN2)o1. The van der Waals surface area contributed by atoms with E-state index in [2.05, 4.69) is 5.32 Å². The third kappa shape index (κ3) is 2.63. The molecule has 1 aliphatic heterocycles. The summed E-state index contributed by atoms with van der Waals surface area (Å²) in [5.74, 6) is 0.972. The van der Waals surface area contributed by atoms with Crippen molar-refractivity contribution in [1.29, 1.82) is 0 Å². The van der Waals surface area contributed by atoms with Gasteiger partial charge in [-0.15, -0.1) is 12.4 Å². The van der Waals surface area contributed by atoms with Gasteiger partial charge in [0, 0.05) is 0 Å². The van der Waals surface area contributed by atoms with E-state index >= 15 is 0 Å². The standard InChI is InChI=1S/C9H12ClNO.ClH/c10-9-5-4-8(12-9)7-3-1-2-6-11-7;/h4-5,7,11H,1-3,6H2;1H/t7-;/m0./s1. The molecule has 0 spiro atoms. The van der Waals surface area contributed by atoms with Crippen LogP contribution in [0.15, 0.2) is 16.5 Å². The number of furan rings is 1. The molecule has 0 aromatic carbocycles. The molecule has 1 aromatic rings. The van der Waals surface area contributed by atoms with Crippen LogP contribution in [0.4, 0.5) is 0 Å². The van der Waals surface area contributed by atoms with E-state index < -0.39 is 0 Å². The Bertz CT molecular complexity index is 256. The van der Waals surface area contributed by atoms with Crippen LogP contribution >= 0.6 is 24.0 Å². The predicted molar refractivity (Wildman–Crippen MR) is 55.6 cm³/mol. The highest BCUT2D eigenvalue weighted by molar-refractivity contribution is 6.28. The smallest absolute Gasteiger partial charge is 0.193 e. The Morgan fingerprint density at radius 2 is 2.23 bits per heavy atom. The molecule has 0 aliphatic carbocycles. The Labute approximate surface area is 89.1 Å². The van der Waals surface area contributed by atoms with Gasteiger partial charge in [-0.25, -0.2) is 0 Å². The number of hydrogen-bond acceptors (Lipinski definition) is 2. The fraction of sp³-hybridized carbons (Fsp3) is 0.556. The molecule has 13 heavy (non-hydrogen) atoms. The van der Waals surface area contributed by atoms with Crippen molar-refractivity contribution < 1.29 is 4.42 Å². The lowest BCUT2D eigenvalue weighted by molar-refractivity contribution is 0.350. The molecule has 0 saturated carbocycles. The first-order valence-corrected chi connectivity index (χ1v) is 4.73. The van der Waals surface area contributed by atoms with Crippen LogP contribution in [0.25, 0.3) is 0 Å². The van der Waals surface area contributed by atoms with E-state index in [-0.39, 0.29) is 12.4 Å². The Hall–Kier alpha value is -0.180. The molecule has 4 heteroatoms. The maximum absolute atomic E-state index is 5.69. The van der Waals surface area contributed by atoms with Crippen molar-refractivity contribution in [2.24, 2.45) is 0 Å². The van der Waals surface area contributed by atoms with Crippen LogP contribution in [0.2, 0.25) is 5.22 Å². The molecule has 1 fully saturated rings. The molecule has 0 unspecified atom stereocenters. The fourth-order valence-electron chi connectivity index (χ4n) is 1.61. The topological polar surface area (TPSA) is 25.2 Å². The Morgan fingerprint density at radius 1 is 1.38 bits per heavy atom. The molecule has 2 heterocycles. The summed E-state index contributed by atoms with van der Waals surface area (Å²) in [7, 11) is 0. The first kappa shape index (κ1) is 10.9. The highest BCUT2D eigenvalue weighted by Gasteiger charge is 2.17. The van der Waals surface area contributed by atoms with Gasteiger partial charge in [-0.1, -0.05) is 6.42 Å². The van der Waals surface area contributed by atoms with Crippen molar-refractivity contribution in [3.8, 4) is 0 Å². The van der Waals surface area contributed by atoms with Crippen LogP contribution < -0.4 is 5.32 Å². The number of halogens is 2. The van der Waals surface area contributed by atoms with Crippen LogP contribution in [0, 0.1) is 0 Å². The minimum Gasteiger partial charge on any atom is -0.448 e. The van der Waals surface area contributed by atoms with Gasteiger partial charge in [-0.3, -0.25) is 0 Å². The molecule has 2 nitrogen and oxygen atoms in total. The van der Waals surface area contributed by atoms with E-state index in [4.69, 9.17) is 16.0 Å². The van der Waals surface area contributed by atoms with Crippen LogP contribution in [0.3, 0.4) is 0 Å². The minimum absolute atomic E-state index is 0. The van der Waals surface area contributed by atoms with E-state index in [1.54, 1.807) is 6.07 Å². The highest BCUT2D eigenvalue weighted by atomic mass is 35.5. The maximum atomic E-state index is 5.69. The van der Waals surface area contributed by atoms with Gasteiger partial charge in [0.2, 0.25) is 0 Å². The molecular formula is C9H13Cl2NO. The molecule has 2 rings (SSSR count). The number of nitrogens with one attached hydrogen (secondary N) is 1. The van der Waals surface area contributed by atoms with Gasteiger partial charge in [0.1, 0.15) is 5.76 Å². The molecule has 1 atom stereocenters. The highest BCUT2D eigenvalue weighted by Crippen LogP contribution is 2.25. The molecule has 1 saturated heterocycles. The van der Waals surface area contributed by atoms with Crippen molar-refractivity contribution >= 4 is 24.0 Å². The van der Waals surface area contributed by atoms with Crippen LogP contribution in [-0.2, 0) is 0 Å². The second kappa shape index (κ2) is 4.89. The van der Waals surface area contributed by atoms with Gasteiger partial charge in [-0.05, 0) is 43.1 Å². The summed E-state index contributed by atoms with van der Waals surface area (Å²) in [6.07, 6.45) is 3.70. The zero-order chi connectivity index (χ0) is 8.39. The van der Waals surface area contributed by atoms with Crippen molar-refractivity contribution in [2.45, 2.75) is 25.3 Å². The zero-order valence-electron chi connectivity index (χ0n) is 7.25. The van der Waals surface area contributed by atoms with Gasteiger partial charge in [0.05, 0.1) is 6.04 Å². The normalized spacial score (nSPS) is 22.4. The van der Waals surface area contributed by atoms with Gasteiger partial charge >= 0.3 is 0 Å². The number of piperidine rings is 1. The van der Waals surface area contributed by atoms with Crippen molar-refractivity contribution in [3.63, 3.8) is 0 Å². The summed E-state index contributed by atoms with van der Waals surface area (Å²) < 4.78 is 5.33. The Balaban J connectivity index is 0.000000845. The van der Waals surface area contributed by atoms with E-state index in [1.165, 1.54) is 12.8 Å². The van der Waals surface area contributed by atoms with Crippen LogP contribution in [0.1, 0.15) is 31.1 Å². The lowest BCUT2D eigenvalue weighted by Crippen LogP contribution is -2.26. The monoisotopic (exact) mass is 221 g/mol. The molecule has 1 N–H and O–H groups in total. The summed E-state index contributed by atoms with van der Waals surface area (Å²) in [6.45, 7) is 1.09. The van der Waals surface area contributed by atoms with E-state index in [1.807, 2.05) is 6.07 Å². The molecule has 74 valence electrons. The average molecular weight is 222 g/mol. The number of rotatable bonds is 1. The second-order valence-corrected chi connectivity index (χ2v) is 3.52. The summed E-state index contributed by atoms with van der Waals surface area (Å²) >= 11 is 5.69. The largest absolute Gasteiger partial charge is 0.448 e. The van der Waals surface area contributed by atoms with Crippen molar-refractivity contribution in [2.75, 3.05) is 6.54 Å². The predicted octanol–water partition coefficient (Wildman–Crippen LogP) is 3.17. The first-order chi connectivity index (χ1) is 5.86. The number of hydrogen-bond donors (Lipinski definition) is 1. The zero-order valence-corrected chi connectivity index (χ0v) is 8.83. The molecule has 0 amide bonds. The molecule has 1 aromatic heterocycles. The quantitative estimate of drug-likeness (QED) is 0.789. The minimum atomic E-state index is 0. The van der Waals surface area contributed by atoms with Crippen molar-refractivity contribution in [3.05, 3.63) is 23.1 Å². The average Bonchev–Trinajstić information content (AvgIpc) is 2.54. The fourth-order valence-corrected chi connectivity index (χ4v) is 1.76. The summed E-state index contributed by atoms with van der Waals surface area (Å²) in [6, 6.07) is 4.13. The second-order valence-electron chi connectivity index (χ2n) is 3.14. The summed E-state index contributed by atoms with van der Waals surface area (Å²) in [5.41, 5.74) is 0. The molecule has 0 bridgehead atoms. The van der Waals surface area contributed by atoms with Gasteiger partial charge in [0.25, 0.3) is 0 Å². The van der Waals surface area contributed by atoms with E-state index in [0.29, 0.717) is 11.3 Å². The third-order valence-electron chi connectivity index (χ3n) is 2.25. The van der Waals surface area contributed by atoms with Gasteiger partial charge < -0.3 is 9.73 Å². The summed E-state index contributed by atoms with van der Waals surface area (Å²) in [5, 5.41) is 3.88. The van der Waals surface area contributed by atoms with E-state index in [9.17, 15) is 0 Å². The van der Waals surface area contributed by atoms with E-state index in [0.717, 1.165) is 18.7 Å². The molecule has 0 radical (unpaired) electrons. The van der Waals surface area contributed by atoms with Crippen LogP contribution in [0.5, 0.6) is 0 Å². The maximum Gasteiger partial charge on any atom is 0.193 e.